The molecule has 1 aromatic carbocycles. The Kier molecular flexibility index (Phi) is 4.56. The summed E-state index contributed by atoms with van der Waals surface area (Å²) in [5, 5.41) is 3.18. The Hall–Kier alpha value is -1.09. The number of halogens is 1. The van der Waals surface area contributed by atoms with Crippen LogP contribution in [0.25, 0.3) is 0 Å². The average molecular weight is 211 g/mol. The van der Waals surface area contributed by atoms with E-state index in [0.29, 0.717) is 18.8 Å². The Morgan fingerprint density at radius 1 is 1.47 bits per heavy atom. The minimum Gasteiger partial charge on any atom is -0.380 e. The van der Waals surface area contributed by atoms with Crippen LogP contribution in [-0.2, 0) is 4.74 Å². The fourth-order valence-electron chi connectivity index (χ4n) is 1.30. The summed E-state index contributed by atoms with van der Waals surface area (Å²) in [6, 6.07) is 5.34. The molecule has 0 aliphatic carbocycles. The third-order valence-electron chi connectivity index (χ3n) is 2.16. The number of hydrogen-bond acceptors (Lipinski definition) is 2. The lowest BCUT2D eigenvalue weighted by molar-refractivity contribution is 0.141. The lowest BCUT2D eigenvalue weighted by Crippen LogP contribution is -2.21. The van der Waals surface area contributed by atoms with Gasteiger partial charge in [-0.3, -0.25) is 0 Å². The number of aryl methyl sites for hydroxylation is 1. The zero-order valence-corrected chi connectivity index (χ0v) is 9.51. The molecule has 2 nitrogen and oxygen atoms in total. The van der Waals surface area contributed by atoms with Gasteiger partial charge in [-0.05, 0) is 38.5 Å². The summed E-state index contributed by atoms with van der Waals surface area (Å²) in [6.45, 7) is 7.05. The van der Waals surface area contributed by atoms with Crippen molar-refractivity contribution in [2.45, 2.75) is 26.8 Å². The molecule has 1 unspecified atom stereocenters. The standard InChI is InChI=1S/C12H18FNO/c1-4-15-8-10(3)14-11-6-5-9(2)12(13)7-11/h5-7,10,14H,4,8H2,1-3H3. The van der Waals surface area contributed by atoms with Crippen LogP contribution in [0.15, 0.2) is 18.2 Å². The molecular formula is C12H18FNO. The molecule has 0 bridgehead atoms. The maximum Gasteiger partial charge on any atom is 0.128 e. The molecule has 0 aliphatic rings. The molecule has 1 N–H and O–H groups in total. The zero-order chi connectivity index (χ0) is 11.3. The molecule has 0 fully saturated rings. The van der Waals surface area contributed by atoms with Crippen molar-refractivity contribution in [1.82, 2.24) is 0 Å². The predicted octanol–water partition coefficient (Wildman–Crippen LogP) is 2.97. The van der Waals surface area contributed by atoms with E-state index in [4.69, 9.17) is 4.74 Å². The lowest BCUT2D eigenvalue weighted by atomic mass is 10.2. The van der Waals surface area contributed by atoms with Crippen molar-refractivity contribution in [3.05, 3.63) is 29.6 Å². The molecule has 0 amide bonds. The molecule has 0 spiro atoms. The van der Waals surface area contributed by atoms with Crippen molar-refractivity contribution in [3.63, 3.8) is 0 Å². The van der Waals surface area contributed by atoms with E-state index < -0.39 is 0 Å². The number of rotatable bonds is 5. The normalized spacial score (nSPS) is 12.5. The maximum atomic E-state index is 13.2. The summed E-state index contributed by atoms with van der Waals surface area (Å²) in [6.07, 6.45) is 0. The van der Waals surface area contributed by atoms with Gasteiger partial charge in [0, 0.05) is 18.3 Å². The highest BCUT2D eigenvalue weighted by atomic mass is 19.1. The highest BCUT2D eigenvalue weighted by Crippen LogP contribution is 2.14. The molecule has 0 aromatic heterocycles. The Bertz CT molecular complexity index is 314. The van der Waals surface area contributed by atoms with Gasteiger partial charge in [-0.1, -0.05) is 6.07 Å². The summed E-state index contributed by atoms with van der Waals surface area (Å²) >= 11 is 0. The SMILES string of the molecule is CCOCC(C)Nc1ccc(C)c(F)c1. The van der Waals surface area contributed by atoms with Gasteiger partial charge in [-0.15, -0.1) is 0 Å². The summed E-state index contributed by atoms with van der Waals surface area (Å²) in [5.74, 6) is -0.177. The second-order valence-corrected chi connectivity index (χ2v) is 3.67. The van der Waals surface area contributed by atoms with E-state index in [1.807, 2.05) is 19.9 Å². The molecule has 0 radical (unpaired) electrons. The molecule has 3 heteroatoms. The van der Waals surface area contributed by atoms with Crippen LogP contribution in [0.4, 0.5) is 10.1 Å². The van der Waals surface area contributed by atoms with Gasteiger partial charge in [0.1, 0.15) is 5.82 Å². The second-order valence-electron chi connectivity index (χ2n) is 3.67. The zero-order valence-electron chi connectivity index (χ0n) is 9.51. The molecule has 0 saturated carbocycles. The van der Waals surface area contributed by atoms with E-state index in [-0.39, 0.29) is 11.9 Å². The van der Waals surface area contributed by atoms with Crippen LogP contribution in [0, 0.1) is 12.7 Å². The monoisotopic (exact) mass is 211 g/mol. The third-order valence-corrected chi connectivity index (χ3v) is 2.16. The number of anilines is 1. The third kappa shape index (κ3) is 3.88. The predicted molar refractivity (Wildman–Crippen MR) is 60.7 cm³/mol. The van der Waals surface area contributed by atoms with Gasteiger partial charge in [-0.2, -0.15) is 0 Å². The van der Waals surface area contributed by atoms with Crippen molar-refractivity contribution in [2.24, 2.45) is 0 Å². The summed E-state index contributed by atoms with van der Waals surface area (Å²) in [5.41, 5.74) is 1.46. The van der Waals surface area contributed by atoms with Crippen LogP contribution in [0.3, 0.4) is 0 Å². The Labute approximate surface area is 90.4 Å². The first kappa shape index (κ1) is 12.0. The number of ether oxygens (including phenoxy) is 1. The fourth-order valence-corrected chi connectivity index (χ4v) is 1.30. The van der Waals surface area contributed by atoms with Crippen molar-refractivity contribution in [3.8, 4) is 0 Å². The summed E-state index contributed by atoms with van der Waals surface area (Å²) in [7, 11) is 0. The molecule has 1 rings (SSSR count). The smallest absolute Gasteiger partial charge is 0.128 e. The van der Waals surface area contributed by atoms with Crippen LogP contribution in [-0.4, -0.2) is 19.3 Å². The van der Waals surface area contributed by atoms with Gasteiger partial charge >= 0.3 is 0 Å². The average Bonchev–Trinajstić information content (AvgIpc) is 2.20. The Balaban J connectivity index is 2.53. The molecule has 15 heavy (non-hydrogen) atoms. The Morgan fingerprint density at radius 2 is 2.20 bits per heavy atom. The van der Waals surface area contributed by atoms with Crippen LogP contribution in [0.2, 0.25) is 0 Å². The minimum atomic E-state index is -0.177. The summed E-state index contributed by atoms with van der Waals surface area (Å²) < 4.78 is 18.5. The van der Waals surface area contributed by atoms with Crippen molar-refractivity contribution < 1.29 is 9.13 Å². The first-order valence-electron chi connectivity index (χ1n) is 5.24. The second kappa shape index (κ2) is 5.71. The number of nitrogens with one attached hydrogen (secondary N) is 1. The highest BCUT2D eigenvalue weighted by molar-refractivity contribution is 5.45. The molecule has 0 heterocycles. The van der Waals surface area contributed by atoms with Crippen LogP contribution in [0.5, 0.6) is 0 Å². The summed E-state index contributed by atoms with van der Waals surface area (Å²) in [4.78, 5) is 0. The van der Waals surface area contributed by atoms with Gasteiger partial charge in [0.2, 0.25) is 0 Å². The molecule has 1 aromatic rings. The molecular weight excluding hydrogens is 193 g/mol. The van der Waals surface area contributed by atoms with Gasteiger partial charge < -0.3 is 10.1 Å². The molecule has 84 valence electrons. The maximum absolute atomic E-state index is 13.2. The van der Waals surface area contributed by atoms with E-state index in [9.17, 15) is 4.39 Å². The van der Waals surface area contributed by atoms with E-state index in [1.165, 1.54) is 6.07 Å². The largest absolute Gasteiger partial charge is 0.380 e. The minimum absolute atomic E-state index is 0.177. The van der Waals surface area contributed by atoms with E-state index in [1.54, 1.807) is 13.0 Å². The molecule has 0 aliphatic heterocycles. The van der Waals surface area contributed by atoms with Gasteiger partial charge in [0.15, 0.2) is 0 Å². The van der Waals surface area contributed by atoms with Gasteiger partial charge in [0.05, 0.1) is 6.61 Å². The van der Waals surface area contributed by atoms with Crippen molar-refractivity contribution in [2.75, 3.05) is 18.5 Å². The quantitative estimate of drug-likeness (QED) is 0.808. The molecule has 1 atom stereocenters. The highest BCUT2D eigenvalue weighted by Gasteiger charge is 2.03. The number of benzene rings is 1. The van der Waals surface area contributed by atoms with Crippen molar-refractivity contribution >= 4 is 5.69 Å². The lowest BCUT2D eigenvalue weighted by Gasteiger charge is -2.15. The van der Waals surface area contributed by atoms with Crippen LogP contribution >= 0.6 is 0 Å². The van der Waals surface area contributed by atoms with Crippen molar-refractivity contribution in [1.29, 1.82) is 0 Å². The molecule has 0 saturated heterocycles. The van der Waals surface area contributed by atoms with E-state index >= 15 is 0 Å². The van der Waals surface area contributed by atoms with E-state index in [0.717, 1.165) is 5.69 Å². The van der Waals surface area contributed by atoms with Crippen LogP contribution < -0.4 is 5.32 Å². The first-order valence-corrected chi connectivity index (χ1v) is 5.24. The number of hydrogen-bond donors (Lipinski definition) is 1. The van der Waals surface area contributed by atoms with E-state index in [2.05, 4.69) is 5.32 Å². The first-order chi connectivity index (χ1) is 7.13. The van der Waals surface area contributed by atoms with Gasteiger partial charge in [0.25, 0.3) is 0 Å². The van der Waals surface area contributed by atoms with Crippen LogP contribution in [0.1, 0.15) is 19.4 Å². The fraction of sp³-hybridized carbons (Fsp3) is 0.500. The topological polar surface area (TPSA) is 21.3 Å². The van der Waals surface area contributed by atoms with Gasteiger partial charge in [-0.25, -0.2) is 4.39 Å². The Morgan fingerprint density at radius 3 is 2.80 bits per heavy atom.